The van der Waals surface area contributed by atoms with Crippen molar-refractivity contribution in [2.45, 2.75) is 13.0 Å². The number of rotatable bonds is 3. The van der Waals surface area contributed by atoms with E-state index in [1.165, 1.54) is 5.69 Å². The summed E-state index contributed by atoms with van der Waals surface area (Å²) in [5.41, 5.74) is 3.78. The topological polar surface area (TPSA) is 79.4 Å². The lowest BCUT2D eigenvalue weighted by Crippen LogP contribution is -2.41. The number of H-pyrrole nitrogens is 1. The Labute approximate surface area is 163 Å². The Morgan fingerprint density at radius 3 is 2.71 bits per heavy atom. The number of fused-ring (bicyclic) bond motifs is 1. The summed E-state index contributed by atoms with van der Waals surface area (Å²) in [6.07, 6.45) is 3.80. The first-order valence-electron chi connectivity index (χ1n) is 9.78. The smallest absolute Gasteiger partial charge is 0.131 e. The van der Waals surface area contributed by atoms with Crippen LogP contribution in [0.5, 0.6) is 0 Å². The Morgan fingerprint density at radius 1 is 1.07 bits per heavy atom. The molecule has 3 aromatic heterocycles. The maximum atomic E-state index is 5.76. The van der Waals surface area contributed by atoms with E-state index in [1.807, 2.05) is 12.3 Å². The highest BCUT2D eigenvalue weighted by molar-refractivity contribution is 6.00. The van der Waals surface area contributed by atoms with Gasteiger partial charge in [0, 0.05) is 50.0 Å². The van der Waals surface area contributed by atoms with Crippen LogP contribution in [0.25, 0.3) is 22.3 Å². The molecule has 1 N–H and O–H groups in total. The average molecular weight is 380 g/mol. The van der Waals surface area contributed by atoms with Gasteiger partial charge in [0.15, 0.2) is 0 Å². The first-order valence-corrected chi connectivity index (χ1v) is 9.78. The van der Waals surface area contributed by atoms with Crippen LogP contribution in [0.4, 0.5) is 11.5 Å². The maximum Gasteiger partial charge on any atom is 0.131 e. The van der Waals surface area contributed by atoms with Crippen molar-refractivity contribution in [1.29, 1.82) is 0 Å². The summed E-state index contributed by atoms with van der Waals surface area (Å²) in [6.45, 7) is 7.73. The highest BCUT2D eigenvalue weighted by Crippen LogP contribution is 2.35. The molecule has 0 aliphatic carbocycles. The number of hydrogen-bond acceptors (Lipinski definition) is 7. The lowest BCUT2D eigenvalue weighted by molar-refractivity contribution is 0.0533. The summed E-state index contributed by atoms with van der Waals surface area (Å²) >= 11 is 0. The van der Waals surface area contributed by atoms with Crippen LogP contribution in [0.2, 0.25) is 0 Å². The molecule has 5 rings (SSSR count). The standard InChI is InChI=1S/C20H24N6O2/c1-14-13-26(8-11-28-14)17-12-18(25-6-9-27-10-7-25)23-19-15(17)2-4-21-20(19)16-3-5-22-24-16/h2-5,12,14H,6-11,13H2,1H3,(H,22,24)/t14-/m0/s1. The molecule has 0 unspecified atom stereocenters. The fourth-order valence-electron chi connectivity index (χ4n) is 3.96. The maximum absolute atomic E-state index is 5.76. The van der Waals surface area contributed by atoms with E-state index >= 15 is 0 Å². The molecule has 3 aromatic rings. The van der Waals surface area contributed by atoms with E-state index in [2.05, 4.69) is 44.0 Å². The van der Waals surface area contributed by atoms with Crippen LogP contribution < -0.4 is 9.80 Å². The second-order valence-corrected chi connectivity index (χ2v) is 7.25. The van der Waals surface area contributed by atoms with Crippen LogP contribution >= 0.6 is 0 Å². The molecule has 0 bridgehead atoms. The number of morpholine rings is 2. The molecule has 0 spiro atoms. The Morgan fingerprint density at radius 2 is 1.93 bits per heavy atom. The van der Waals surface area contributed by atoms with Gasteiger partial charge in [0.25, 0.3) is 0 Å². The fourth-order valence-corrected chi connectivity index (χ4v) is 3.96. The zero-order valence-corrected chi connectivity index (χ0v) is 16.0. The first-order chi connectivity index (χ1) is 13.8. The number of anilines is 2. The Kier molecular flexibility index (Phi) is 4.58. The van der Waals surface area contributed by atoms with E-state index in [4.69, 9.17) is 14.5 Å². The molecule has 8 heteroatoms. The quantitative estimate of drug-likeness (QED) is 0.745. The van der Waals surface area contributed by atoms with E-state index < -0.39 is 0 Å². The minimum atomic E-state index is 0.206. The minimum Gasteiger partial charge on any atom is -0.378 e. The molecule has 0 amide bonds. The molecule has 0 radical (unpaired) electrons. The van der Waals surface area contributed by atoms with Gasteiger partial charge in [0.2, 0.25) is 0 Å². The number of aromatic amines is 1. The van der Waals surface area contributed by atoms with E-state index in [9.17, 15) is 0 Å². The zero-order valence-electron chi connectivity index (χ0n) is 16.0. The van der Waals surface area contributed by atoms with Crippen LogP contribution in [0.3, 0.4) is 0 Å². The molecular weight excluding hydrogens is 356 g/mol. The summed E-state index contributed by atoms with van der Waals surface area (Å²) in [5, 5.41) is 8.23. The van der Waals surface area contributed by atoms with Crippen molar-refractivity contribution in [2.75, 3.05) is 55.8 Å². The number of hydrogen-bond donors (Lipinski definition) is 1. The SMILES string of the molecule is C[C@H]1CN(c2cc(N3CCOCC3)nc3c(-c4ccn[nH]4)nccc23)CCO1. The third kappa shape index (κ3) is 3.18. The van der Waals surface area contributed by atoms with Crippen molar-refractivity contribution in [2.24, 2.45) is 0 Å². The lowest BCUT2D eigenvalue weighted by atomic mass is 10.1. The van der Waals surface area contributed by atoms with Gasteiger partial charge in [-0.1, -0.05) is 0 Å². The summed E-state index contributed by atoms with van der Waals surface area (Å²) in [5.74, 6) is 0.971. The van der Waals surface area contributed by atoms with Crippen molar-refractivity contribution >= 4 is 22.4 Å². The highest BCUT2D eigenvalue weighted by atomic mass is 16.5. The Balaban J connectivity index is 1.69. The van der Waals surface area contributed by atoms with Gasteiger partial charge in [-0.2, -0.15) is 5.10 Å². The molecule has 0 saturated carbocycles. The van der Waals surface area contributed by atoms with Gasteiger partial charge in [-0.25, -0.2) is 4.98 Å². The summed E-state index contributed by atoms with van der Waals surface area (Å²) in [7, 11) is 0. The van der Waals surface area contributed by atoms with E-state index in [1.54, 1.807) is 6.20 Å². The van der Waals surface area contributed by atoms with Gasteiger partial charge in [0.05, 0.1) is 37.3 Å². The van der Waals surface area contributed by atoms with Crippen LogP contribution in [-0.2, 0) is 9.47 Å². The van der Waals surface area contributed by atoms with Crippen LogP contribution in [0.15, 0.2) is 30.6 Å². The molecule has 2 aliphatic rings. The molecular formula is C20H24N6O2. The second-order valence-electron chi connectivity index (χ2n) is 7.25. The normalized spacial score (nSPS) is 20.7. The second kappa shape index (κ2) is 7.37. The molecule has 8 nitrogen and oxygen atoms in total. The molecule has 2 aliphatic heterocycles. The summed E-state index contributed by atoms with van der Waals surface area (Å²) in [4.78, 5) is 14.3. The largest absolute Gasteiger partial charge is 0.378 e. The number of aromatic nitrogens is 4. The van der Waals surface area contributed by atoms with Gasteiger partial charge < -0.3 is 19.3 Å². The third-order valence-electron chi connectivity index (χ3n) is 5.37. The molecule has 2 saturated heterocycles. The van der Waals surface area contributed by atoms with Gasteiger partial charge in [-0.3, -0.25) is 10.1 Å². The van der Waals surface area contributed by atoms with Crippen molar-refractivity contribution < 1.29 is 9.47 Å². The minimum absolute atomic E-state index is 0.206. The summed E-state index contributed by atoms with van der Waals surface area (Å²) < 4.78 is 11.3. The van der Waals surface area contributed by atoms with Crippen LogP contribution in [0.1, 0.15) is 6.92 Å². The number of nitrogens with one attached hydrogen (secondary N) is 1. The van der Waals surface area contributed by atoms with Crippen molar-refractivity contribution in [1.82, 2.24) is 20.2 Å². The molecule has 146 valence electrons. The van der Waals surface area contributed by atoms with Crippen molar-refractivity contribution in [3.05, 3.63) is 30.6 Å². The molecule has 1 atom stereocenters. The van der Waals surface area contributed by atoms with Crippen LogP contribution in [0, 0.1) is 0 Å². The molecule has 5 heterocycles. The zero-order chi connectivity index (χ0) is 18.9. The third-order valence-corrected chi connectivity index (χ3v) is 5.37. The summed E-state index contributed by atoms with van der Waals surface area (Å²) in [6, 6.07) is 6.20. The van der Waals surface area contributed by atoms with E-state index in [0.717, 1.165) is 74.1 Å². The van der Waals surface area contributed by atoms with Gasteiger partial charge >= 0.3 is 0 Å². The van der Waals surface area contributed by atoms with Gasteiger partial charge in [-0.15, -0.1) is 0 Å². The molecule has 28 heavy (non-hydrogen) atoms. The Bertz CT molecular complexity index is 955. The van der Waals surface area contributed by atoms with E-state index in [-0.39, 0.29) is 6.10 Å². The number of nitrogens with zero attached hydrogens (tertiary/aromatic N) is 5. The predicted octanol–water partition coefficient (Wildman–Crippen LogP) is 2.08. The fraction of sp³-hybridized carbons (Fsp3) is 0.450. The van der Waals surface area contributed by atoms with Gasteiger partial charge in [-0.05, 0) is 19.1 Å². The first kappa shape index (κ1) is 17.4. The van der Waals surface area contributed by atoms with Gasteiger partial charge in [0.1, 0.15) is 17.0 Å². The highest BCUT2D eigenvalue weighted by Gasteiger charge is 2.23. The molecule has 2 fully saturated rings. The number of ether oxygens (including phenoxy) is 2. The monoisotopic (exact) mass is 380 g/mol. The van der Waals surface area contributed by atoms with Crippen molar-refractivity contribution in [3.8, 4) is 11.4 Å². The molecule has 0 aromatic carbocycles. The Hall–Kier alpha value is -2.71. The van der Waals surface area contributed by atoms with Crippen LogP contribution in [-0.4, -0.2) is 72.3 Å². The van der Waals surface area contributed by atoms with Crippen molar-refractivity contribution in [3.63, 3.8) is 0 Å². The lowest BCUT2D eigenvalue weighted by Gasteiger charge is -2.35. The van der Waals surface area contributed by atoms with E-state index in [0.29, 0.717) is 0 Å². The number of pyridine rings is 2. The average Bonchev–Trinajstić information content (AvgIpc) is 3.28. The predicted molar refractivity (Wildman–Crippen MR) is 108 cm³/mol.